The van der Waals surface area contributed by atoms with Gasteiger partial charge in [0.15, 0.2) is 0 Å². The first kappa shape index (κ1) is 10.5. The molecular formula is C11H10INO2. The van der Waals surface area contributed by atoms with E-state index >= 15 is 0 Å². The van der Waals surface area contributed by atoms with Crippen molar-refractivity contribution in [2.24, 2.45) is 0 Å². The Hall–Kier alpha value is -1.04. The molecule has 1 aromatic carbocycles. The summed E-state index contributed by atoms with van der Waals surface area (Å²) in [4.78, 5) is 11.4. The van der Waals surface area contributed by atoms with E-state index in [2.05, 4.69) is 28.7 Å². The maximum Gasteiger partial charge on any atom is 0.423 e. The van der Waals surface area contributed by atoms with Gasteiger partial charge in [-0.3, -0.25) is 0 Å². The molecule has 0 saturated carbocycles. The Morgan fingerprint density at radius 1 is 1.47 bits per heavy atom. The number of aromatic nitrogens is 1. The van der Waals surface area contributed by atoms with E-state index < -0.39 is 0 Å². The fourth-order valence-corrected chi connectivity index (χ4v) is 2.11. The molecule has 0 N–H and O–H groups in total. The van der Waals surface area contributed by atoms with Crippen molar-refractivity contribution in [3.05, 3.63) is 52.3 Å². The van der Waals surface area contributed by atoms with Crippen LogP contribution in [0.25, 0.3) is 5.69 Å². The van der Waals surface area contributed by atoms with Crippen LogP contribution in [0.15, 0.2) is 39.9 Å². The molecule has 0 spiro atoms. The molecule has 0 atom stereocenters. The lowest BCUT2D eigenvalue weighted by atomic mass is 10.1. The molecule has 0 aliphatic heterocycles. The van der Waals surface area contributed by atoms with Gasteiger partial charge in [-0.1, -0.05) is 40.3 Å². The molecule has 0 aliphatic rings. The summed E-state index contributed by atoms with van der Waals surface area (Å²) in [5.74, 6) is -0.343. The number of oxazole rings is 1. The SMILES string of the molecule is Cc1ccc(-n2ccoc2=O)c(CI)c1. The molecule has 0 fully saturated rings. The highest BCUT2D eigenvalue weighted by atomic mass is 127. The Bertz CT molecular complexity index is 527. The minimum atomic E-state index is -0.343. The number of benzene rings is 1. The monoisotopic (exact) mass is 315 g/mol. The molecule has 15 heavy (non-hydrogen) atoms. The summed E-state index contributed by atoms with van der Waals surface area (Å²) < 4.78 is 7.14. The first-order valence-corrected chi connectivity index (χ1v) is 6.07. The average molecular weight is 315 g/mol. The minimum absolute atomic E-state index is 0.343. The number of aryl methyl sites for hydroxylation is 1. The number of hydrogen-bond donors (Lipinski definition) is 0. The molecule has 4 heteroatoms. The molecule has 0 unspecified atom stereocenters. The van der Waals surface area contributed by atoms with Gasteiger partial charge in [-0.15, -0.1) is 0 Å². The standard InChI is InChI=1S/C11H10INO2/c1-8-2-3-10(9(6-8)7-12)13-4-5-15-11(13)14/h2-6H,7H2,1H3. The van der Waals surface area contributed by atoms with Crippen LogP contribution in [-0.4, -0.2) is 4.57 Å². The van der Waals surface area contributed by atoms with Crippen molar-refractivity contribution in [3.63, 3.8) is 0 Å². The van der Waals surface area contributed by atoms with Gasteiger partial charge < -0.3 is 4.42 Å². The number of nitrogens with zero attached hydrogens (tertiary/aromatic N) is 1. The minimum Gasteiger partial charge on any atom is -0.416 e. The van der Waals surface area contributed by atoms with Crippen molar-refractivity contribution in [2.45, 2.75) is 11.4 Å². The van der Waals surface area contributed by atoms with Crippen molar-refractivity contribution < 1.29 is 4.42 Å². The van der Waals surface area contributed by atoms with E-state index in [4.69, 9.17) is 4.42 Å². The lowest BCUT2D eigenvalue weighted by Gasteiger charge is -2.07. The molecule has 0 aliphatic carbocycles. The highest BCUT2D eigenvalue weighted by Gasteiger charge is 2.06. The van der Waals surface area contributed by atoms with E-state index in [0.29, 0.717) is 0 Å². The van der Waals surface area contributed by atoms with Crippen LogP contribution >= 0.6 is 22.6 Å². The number of hydrogen-bond acceptors (Lipinski definition) is 2. The molecule has 78 valence electrons. The van der Waals surface area contributed by atoms with Gasteiger partial charge in [0, 0.05) is 4.43 Å². The van der Waals surface area contributed by atoms with Gasteiger partial charge in [-0.25, -0.2) is 9.36 Å². The summed E-state index contributed by atoms with van der Waals surface area (Å²) >= 11 is 2.29. The van der Waals surface area contributed by atoms with Crippen LogP contribution in [0.5, 0.6) is 0 Å². The zero-order chi connectivity index (χ0) is 10.8. The molecule has 2 rings (SSSR count). The predicted octanol–water partition coefficient (Wildman–Crippen LogP) is 2.67. The second kappa shape index (κ2) is 4.22. The van der Waals surface area contributed by atoms with Crippen molar-refractivity contribution in [1.82, 2.24) is 4.57 Å². The summed E-state index contributed by atoms with van der Waals surface area (Å²) in [5.41, 5.74) is 3.23. The quantitative estimate of drug-likeness (QED) is 0.631. The van der Waals surface area contributed by atoms with E-state index in [-0.39, 0.29) is 5.76 Å². The van der Waals surface area contributed by atoms with E-state index in [0.717, 1.165) is 15.7 Å². The lowest BCUT2D eigenvalue weighted by molar-refractivity contribution is 0.504. The van der Waals surface area contributed by atoms with Gasteiger partial charge in [0.05, 0.1) is 11.9 Å². The zero-order valence-corrected chi connectivity index (χ0v) is 10.4. The molecule has 1 heterocycles. The van der Waals surface area contributed by atoms with Crippen molar-refractivity contribution in [1.29, 1.82) is 0 Å². The Balaban J connectivity index is 2.63. The topological polar surface area (TPSA) is 35.1 Å². The first-order valence-electron chi connectivity index (χ1n) is 4.54. The van der Waals surface area contributed by atoms with Gasteiger partial charge in [0.2, 0.25) is 0 Å². The third-order valence-electron chi connectivity index (χ3n) is 2.21. The molecule has 0 radical (unpaired) electrons. The van der Waals surface area contributed by atoms with Gasteiger partial charge in [-0.2, -0.15) is 0 Å². The Morgan fingerprint density at radius 2 is 2.27 bits per heavy atom. The predicted molar refractivity (Wildman–Crippen MR) is 66.8 cm³/mol. The molecule has 0 bridgehead atoms. The van der Waals surface area contributed by atoms with E-state index in [1.807, 2.05) is 19.1 Å². The highest BCUT2D eigenvalue weighted by molar-refractivity contribution is 14.1. The largest absolute Gasteiger partial charge is 0.423 e. The molecule has 0 saturated heterocycles. The number of alkyl halides is 1. The summed E-state index contributed by atoms with van der Waals surface area (Å²) in [5, 5.41) is 0. The summed E-state index contributed by atoms with van der Waals surface area (Å²) in [6.45, 7) is 2.04. The van der Waals surface area contributed by atoms with Gasteiger partial charge in [0.1, 0.15) is 6.26 Å². The first-order chi connectivity index (χ1) is 7.22. The normalized spacial score (nSPS) is 10.5. The molecule has 1 aromatic heterocycles. The summed E-state index contributed by atoms with van der Waals surface area (Å²) in [7, 11) is 0. The van der Waals surface area contributed by atoms with Crippen LogP contribution in [0, 0.1) is 6.92 Å². The van der Waals surface area contributed by atoms with Crippen molar-refractivity contribution >= 4 is 22.6 Å². The lowest BCUT2D eigenvalue weighted by Crippen LogP contribution is -2.12. The van der Waals surface area contributed by atoms with Crippen LogP contribution in [0.2, 0.25) is 0 Å². The smallest absolute Gasteiger partial charge is 0.416 e. The number of rotatable bonds is 2. The van der Waals surface area contributed by atoms with E-state index in [9.17, 15) is 4.79 Å². The Kier molecular flexibility index (Phi) is 2.95. The maximum atomic E-state index is 11.4. The van der Waals surface area contributed by atoms with Crippen molar-refractivity contribution in [2.75, 3.05) is 0 Å². The van der Waals surface area contributed by atoms with E-state index in [1.165, 1.54) is 16.4 Å². The Morgan fingerprint density at radius 3 is 2.87 bits per heavy atom. The van der Waals surface area contributed by atoms with Crippen molar-refractivity contribution in [3.8, 4) is 5.69 Å². The zero-order valence-electron chi connectivity index (χ0n) is 8.24. The number of halogens is 1. The second-order valence-corrected chi connectivity index (χ2v) is 4.07. The van der Waals surface area contributed by atoms with Crippen LogP contribution in [-0.2, 0) is 4.43 Å². The molecule has 2 aromatic rings. The third-order valence-corrected chi connectivity index (χ3v) is 3.04. The molecular weight excluding hydrogens is 305 g/mol. The second-order valence-electron chi connectivity index (χ2n) is 3.30. The maximum absolute atomic E-state index is 11.4. The highest BCUT2D eigenvalue weighted by Crippen LogP contribution is 2.18. The Labute approximate surface area is 101 Å². The third kappa shape index (κ3) is 1.99. The fraction of sp³-hybridized carbons (Fsp3) is 0.182. The van der Waals surface area contributed by atoms with Gasteiger partial charge in [-0.05, 0) is 18.6 Å². The van der Waals surface area contributed by atoms with Crippen LogP contribution in [0.4, 0.5) is 0 Å². The summed E-state index contributed by atoms with van der Waals surface area (Å²) in [6.07, 6.45) is 3.04. The average Bonchev–Trinajstić information content (AvgIpc) is 2.64. The van der Waals surface area contributed by atoms with Gasteiger partial charge >= 0.3 is 5.76 Å². The van der Waals surface area contributed by atoms with Crippen LogP contribution < -0.4 is 5.76 Å². The van der Waals surface area contributed by atoms with Crippen LogP contribution in [0.3, 0.4) is 0 Å². The van der Waals surface area contributed by atoms with Crippen LogP contribution in [0.1, 0.15) is 11.1 Å². The van der Waals surface area contributed by atoms with E-state index in [1.54, 1.807) is 6.20 Å². The fourth-order valence-electron chi connectivity index (χ4n) is 1.50. The summed E-state index contributed by atoms with van der Waals surface area (Å²) in [6, 6.07) is 6.02. The molecule has 0 amide bonds. The van der Waals surface area contributed by atoms with Gasteiger partial charge in [0.25, 0.3) is 0 Å². The molecule has 3 nitrogen and oxygen atoms in total.